The van der Waals surface area contributed by atoms with E-state index in [4.69, 9.17) is 9.47 Å². The Morgan fingerprint density at radius 2 is 2.09 bits per heavy atom. The van der Waals surface area contributed by atoms with Gasteiger partial charge in [0.05, 0.1) is 12.0 Å². The van der Waals surface area contributed by atoms with E-state index in [2.05, 4.69) is 5.32 Å². The third-order valence-electron chi connectivity index (χ3n) is 3.94. The van der Waals surface area contributed by atoms with Crippen molar-refractivity contribution in [2.24, 2.45) is 5.41 Å². The van der Waals surface area contributed by atoms with Gasteiger partial charge < -0.3 is 19.9 Å². The number of aliphatic carboxylic acids is 1. The summed E-state index contributed by atoms with van der Waals surface area (Å²) in [7, 11) is 1.60. The number of hydrogen-bond donors (Lipinski definition) is 2. The Bertz CT molecular complexity index is 539. The molecule has 2 rings (SSSR count). The van der Waals surface area contributed by atoms with Crippen LogP contribution in [-0.4, -0.2) is 37.3 Å². The lowest BCUT2D eigenvalue weighted by atomic mass is 9.66. The van der Waals surface area contributed by atoms with Crippen molar-refractivity contribution < 1.29 is 24.2 Å². The van der Waals surface area contributed by atoms with Gasteiger partial charge in [-0.3, -0.25) is 9.59 Å². The molecule has 1 fully saturated rings. The van der Waals surface area contributed by atoms with Crippen LogP contribution in [0.25, 0.3) is 0 Å². The van der Waals surface area contributed by atoms with Gasteiger partial charge in [0, 0.05) is 25.3 Å². The van der Waals surface area contributed by atoms with Crippen molar-refractivity contribution in [3.05, 3.63) is 24.3 Å². The summed E-state index contributed by atoms with van der Waals surface area (Å²) in [6.07, 6.45) is 2.01. The second kappa shape index (κ2) is 7.26. The van der Waals surface area contributed by atoms with Gasteiger partial charge in [0.15, 0.2) is 0 Å². The zero-order valence-corrected chi connectivity index (χ0v) is 12.6. The van der Waals surface area contributed by atoms with Crippen molar-refractivity contribution in [3.8, 4) is 5.75 Å². The van der Waals surface area contributed by atoms with E-state index in [1.807, 2.05) is 0 Å². The van der Waals surface area contributed by atoms with Crippen molar-refractivity contribution in [1.82, 2.24) is 0 Å². The monoisotopic (exact) mass is 307 g/mol. The highest BCUT2D eigenvalue weighted by atomic mass is 16.5. The number of methoxy groups -OCH3 is 1. The van der Waals surface area contributed by atoms with Crippen LogP contribution >= 0.6 is 0 Å². The summed E-state index contributed by atoms with van der Waals surface area (Å²) in [4.78, 5) is 23.3. The molecule has 1 amide bonds. The van der Waals surface area contributed by atoms with Crippen LogP contribution in [0.2, 0.25) is 0 Å². The van der Waals surface area contributed by atoms with Crippen molar-refractivity contribution in [2.75, 3.05) is 25.6 Å². The second-order valence-electron chi connectivity index (χ2n) is 5.53. The molecule has 0 spiro atoms. The molecule has 0 heterocycles. The number of carbonyl (C=O) groups is 2. The van der Waals surface area contributed by atoms with Crippen LogP contribution in [-0.2, 0) is 14.3 Å². The number of rotatable bonds is 8. The fraction of sp³-hybridized carbons (Fsp3) is 0.500. The van der Waals surface area contributed by atoms with Crippen LogP contribution in [0, 0.1) is 5.41 Å². The number of carboxylic acids is 1. The third-order valence-corrected chi connectivity index (χ3v) is 3.94. The van der Waals surface area contributed by atoms with Gasteiger partial charge in [-0.25, -0.2) is 0 Å². The Hall–Kier alpha value is -2.08. The van der Waals surface area contributed by atoms with Gasteiger partial charge >= 0.3 is 5.97 Å². The first-order chi connectivity index (χ1) is 10.6. The number of nitrogens with one attached hydrogen (secondary N) is 1. The van der Waals surface area contributed by atoms with Crippen LogP contribution in [0.5, 0.6) is 5.75 Å². The summed E-state index contributed by atoms with van der Waals surface area (Å²) in [5.41, 5.74) is -0.281. The van der Waals surface area contributed by atoms with Crippen LogP contribution in [0.3, 0.4) is 0 Å². The molecule has 0 unspecified atom stereocenters. The first kappa shape index (κ1) is 16.3. The van der Waals surface area contributed by atoms with Gasteiger partial charge in [-0.05, 0) is 25.0 Å². The quantitative estimate of drug-likeness (QED) is 0.720. The number of benzene rings is 1. The van der Waals surface area contributed by atoms with E-state index >= 15 is 0 Å². The molecule has 2 N–H and O–H groups in total. The lowest BCUT2D eigenvalue weighted by molar-refractivity contribution is -0.157. The molecule has 0 radical (unpaired) electrons. The molecule has 0 aliphatic heterocycles. The topological polar surface area (TPSA) is 84.9 Å². The molecular weight excluding hydrogens is 286 g/mol. The van der Waals surface area contributed by atoms with Gasteiger partial charge in [-0.15, -0.1) is 0 Å². The Morgan fingerprint density at radius 3 is 2.68 bits per heavy atom. The molecule has 1 aliphatic carbocycles. The Labute approximate surface area is 129 Å². The highest BCUT2D eigenvalue weighted by Crippen LogP contribution is 2.44. The zero-order valence-electron chi connectivity index (χ0n) is 12.6. The predicted molar refractivity (Wildman–Crippen MR) is 81.0 cm³/mol. The summed E-state index contributed by atoms with van der Waals surface area (Å²) >= 11 is 0. The summed E-state index contributed by atoms with van der Waals surface area (Å²) in [5, 5.41) is 12.0. The van der Waals surface area contributed by atoms with Gasteiger partial charge in [-0.2, -0.15) is 0 Å². The smallest absolute Gasteiger partial charge is 0.310 e. The molecule has 0 saturated heterocycles. The molecule has 1 aliphatic rings. The predicted octanol–water partition coefficient (Wildman–Crippen LogP) is 2.30. The maximum absolute atomic E-state index is 12.1. The van der Waals surface area contributed by atoms with Crippen LogP contribution in [0.15, 0.2) is 24.3 Å². The van der Waals surface area contributed by atoms with Crippen molar-refractivity contribution in [2.45, 2.75) is 25.7 Å². The Morgan fingerprint density at radius 1 is 1.32 bits per heavy atom. The zero-order chi connectivity index (χ0) is 16.0. The van der Waals surface area contributed by atoms with E-state index < -0.39 is 11.4 Å². The minimum atomic E-state index is -0.884. The molecule has 1 saturated carbocycles. The summed E-state index contributed by atoms with van der Waals surface area (Å²) in [6, 6.07) is 7.01. The maximum atomic E-state index is 12.1. The van der Waals surface area contributed by atoms with Crippen LogP contribution in [0.1, 0.15) is 25.7 Å². The largest absolute Gasteiger partial charge is 0.491 e. The number of amides is 1. The fourth-order valence-electron chi connectivity index (χ4n) is 2.49. The molecule has 22 heavy (non-hydrogen) atoms. The molecule has 1 aromatic rings. The summed E-state index contributed by atoms with van der Waals surface area (Å²) < 4.78 is 10.4. The van der Waals surface area contributed by atoms with E-state index in [-0.39, 0.29) is 12.3 Å². The normalized spacial score (nSPS) is 15.7. The SMILES string of the molecule is COCCOc1cccc(NC(=O)CC2(C(=O)O)CCC2)c1. The lowest BCUT2D eigenvalue weighted by Gasteiger charge is -2.36. The number of hydrogen-bond acceptors (Lipinski definition) is 4. The Kier molecular flexibility index (Phi) is 5.38. The maximum Gasteiger partial charge on any atom is 0.310 e. The average molecular weight is 307 g/mol. The molecule has 0 aromatic heterocycles. The van der Waals surface area contributed by atoms with Crippen molar-refractivity contribution >= 4 is 17.6 Å². The van der Waals surface area contributed by atoms with Crippen LogP contribution in [0.4, 0.5) is 5.69 Å². The van der Waals surface area contributed by atoms with Gasteiger partial charge in [0.1, 0.15) is 12.4 Å². The second-order valence-corrected chi connectivity index (χ2v) is 5.53. The fourth-order valence-corrected chi connectivity index (χ4v) is 2.49. The number of ether oxygens (including phenoxy) is 2. The molecular formula is C16H21NO5. The number of carboxylic acid groups (broad SMARTS) is 1. The average Bonchev–Trinajstić information content (AvgIpc) is 2.43. The third kappa shape index (κ3) is 3.98. The molecule has 6 heteroatoms. The lowest BCUT2D eigenvalue weighted by Crippen LogP contribution is -2.41. The number of anilines is 1. The molecule has 6 nitrogen and oxygen atoms in total. The van der Waals surface area contributed by atoms with Gasteiger partial charge in [-0.1, -0.05) is 12.5 Å². The van der Waals surface area contributed by atoms with E-state index in [0.29, 0.717) is 37.5 Å². The first-order valence-electron chi connectivity index (χ1n) is 7.31. The highest BCUT2D eigenvalue weighted by Gasteiger charge is 2.45. The van der Waals surface area contributed by atoms with Gasteiger partial charge in [0.2, 0.25) is 5.91 Å². The summed E-state index contributed by atoms with van der Waals surface area (Å²) in [5.74, 6) is -0.534. The minimum Gasteiger partial charge on any atom is -0.491 e. The molecule has 1 aromatic carbocycles. The van der Waals surface area contributed by atoms with Gasteiger partial charge in [0.25, 0.3) is 0 Å². The molecule has 0 atom stereocenters. The summed E-state index contributed by atoms with van der Waals surface area (Å²) in [6.45, 7) is 0.910. The van der Waals surface area contributed by atoms with E-state index in [9.17, 15) is 14.7 Å². The van der Waals surface area contributed by atoms with E-state index in [1.54, 1.807) is 31.4 Å². The standard InChI is InChI=1S/C16H21NO5/c1-21-8-9-22-13-5-2-4-12(10-13)17-14(18)11-16(15(19)20)6-3-7-16/h2,4-5,10H,3,6-9,11H2,1H3,(H,17,18)(H,19,20). The molecule has 0 bridgehead atoms. The minimum absolute atomic E-state index is 0.0110. The van der Waals surface area contributed by atoms with Crippen molar-refractivity contribution in [1.29, 1.82) is 0 Å². The molecule has 120 valence electrons. The first-order valence-corrected chi connectivity index (χ1v) is 7.31. The Balaban J connectivity index is 1.91. The number of carbonyl (C=O) groups excluding carboxylic acids is 1. The highest BCUT2D eigenvalue weighted by molar-refractivity contribution is 5.94. The van der Waals surface area contributed by atoms with E-state index in [0.717, 1.165) is 6.42 Å². The van der Waals surface area contributed by atoms with Crippen molar-refractivity contribution in [3.63, 3.8) is 0 Å². The van der Waals surface area contributed by atoms with Crippen LogP contribution < -0.4 is 10.1 Å². The van der Waals surface area contributed by atoms with E-state index in [1.165, 1.54) is 0 Å².